The predicted molar refractivity (Wildman–Crippen MR) is 45.9 cm³/mol. The fourth-order valence-corrected chi connectivity index (χ4v) is 0.732. The van der Waals surface area contributed by atoms with E-state index in [1.54, 1.807) is 0 Å². The quantitative estimate of drug-likeness (QED) is 0.592. The lowest BCUT2D eigenvalue weighted by atomic mass is 10.3. The smallest absolute Gasteiger partial charge is 0.0505 e. The Labute approximate surface area is 63.8 Å². The van der Waals surface area contributed by atoms with Crippen LogP contribution in [0.15, 0.2) is 17.0 Å². The second-order valence-electron chi connectivity index (χ2n) is 2.68. The van der Waals surface area contributed by atoms with Crippen molar-refractivity contribution in [2.24, 2.45) is 0 Å². The van der Waals surface area contributed by atoms with E-state index in [0.717, 1.165) is 12.2 Å². The van der Waals surface area contributed by atoms with Crippen LogP contribution in [0.1, 0.15) is 34.1 Å². The van der Waals surface area contributed by atoms with E-state index < -0.39 is 0 Å². The molecule has 0 spiro atoms. The Morgan fingerprint density at radius 3 is 2.30 bits per heavy atom. The van der Waals surface area contributed by atoms with Crippen LogP contribution in [-0.4, -0.2) is 6.54 Å². The second kappa shape index (κ2) is 5.13. The van der Waals surface area contributed by atoms with E-state index in [1.807, 2.05) is 6.92 Å². The SMILES string of the molecule is CCCNC(C)=C=C(C)C. The molecule has 58 valence electrons. The average molecular weight is 139 g/mol. The van der Waals surface area contributed by atoms with Crippen LogP contribution in [0.25, 0.3) is 0 Å². The van der Waals surface area contributed by atoms with E-state index in [4.69, 9.17) is 0 Å². The van der Waals surface area contributed by atoms with E-state index in [0.29, 0.717) is 0 Å². The summed E-state index contributed by atoms with van der Waals surface area (Å²) >= 11 is 0. The summed E-state index contributed by atoms with van der Waals surface area (Å²) < 4.78 is 0. The molecule has 0 aromatic carbocycles. The van der Waals surface area contributed by atoms with Gasteiger partial charge in [-0.25, -0.2) is 0 Å². The first-order valence-electron chi connectivity index (χ1n) is 3.81. The number of rotatable bonds is 3. The van der Waals surface area contributed by atoms with Crippen LogP contribution in [0, 0.1) is 0 Å². The maximum absolute atomic E-state index is 3.25. The van der Waals surface area contributed by atoms with Crippen LogP contribution in [0.3, 0.4) is 0 Å². The molecule has 0 atom stereocenters. The molecule has 0 aliphatic rings. The Hall–Kier alpha value is -0.680. The third-order valence-corrected chi connectivity index (χ3v) is 1.08. The zero-order valence-corrected chi connectivity index (χ0v) is 7.41. The van der Waals surface area contributed by atoms with Crippen molar-refractivity contribution in [2.75, 3.05) is 6.54 Å². The van der Waals surface area contributed by atoms with Gasteiger partial charge in [0.05, 0.1) is 5.70 Å². The zero-order valence-electron chi connectivity index (χ0n) is 7.41. The fraction of sp³-hybridized carbons (Fsp3) is 0.667. The van der Waals surface area contributed by atoms with Crippen molar-refractivity contribution in [2.45, 2.75) is 34.1 Å². The Kier molecular flexibility index (Phi) is 4.78. The maximum atomic E-state index is 3.25. The zero-order chi connectivity index (χ0) is 7.98. The van der Waals surface area contributed by atoms with Gasteiger partial charge in [-0.15, -0.1) is 5.73 Å². The van der Waals surface area contributed by atoms with Gasteiger partial charge in [-0.2, -0.15) is 0 Å². The van der Waals surface area contributed by atoms with Crippen LogP contribution in [0.4, 0.5) is 0 Å². The van der Waals surface area contributed by atoms with Crippen molar-refractivity contribution in [3.63, 3.8) is 0 Å². The molecule has 0 heterocycles. The summed E-state index contributed by atoms with van der Waals surface area (Å²) in [5.74, 6) is 0. The van der Waals surface area contributed by atoms with Gasteiger partial charge < -0.3 is 5.32 Å². The maximum Gasteiger partial charge on any atom is 0.0505 e. The molecule has 0 aromatic rings. The minimum atomic E-state index is 1.05. The average Bonchev–Trinajstić information content (AvgIpc) is 1.82. The standard InChI is InChI=1S/C9H17N/c1-5-6-10-9(4)7-8(2)3/h10H,5-6H2,1-4H3. The number of nitrogens with one attached hydrogen (secondary N) is 1. The molecule has 0 radical (unpaired) electrons. The Morgan fingerprint density at radius 2 is 1.90 bits per heavy atom. The first-order valence-corrected chi connectivity index (χ1v) is 3.81. The van der Waals surface area contributed by atoms with Crippen molar-refractivity contribution in [1.82, 2.24) is 5.32 Å². The molecule has 1 nitrogen and oxygen atoms in total. The summed E-state index contributed by atoms with van der Waals surface area (Å²) in [7, 11) is 0. The molecule has 1 N–H and O–H groups in total. The van der Waals surface area contributed by atoms with Gasteiger partial charge in [-0.3, -0.25) is 0 Å². The van der Waals surface area contributed by atoms with Gasteiger partial charge >= 0.3 is 0 Å². The Balaban J connectivity index is 3.83. The monoisotopic (exact) mass is 139 g/mol. The molecule has 0 aliphatic heterocycles. The number of allylic oxidation sites excluding steroid dienone is 1. The summed E-state index contributed by atoms with van der Waals surface area (Å²) in [6, 6.07) is 0. The summed E-state index contributed by atoms with van der Waals surface area (Å²) in [5, 5.41) is 3.25. The van der Waals surface area contributed by atoms with Gasteiger partial charge in [0, 0.05) is 6.54 Å². The molecule has 0 rings (SSSR count). The third-order valence-electron chi connectivity index (χ3n) is 1.08. The molecule has 0 amide bonds. The van der Waals surface area contributed by atoms with Crippen molar-refractivity contribution < 1.29 is 0 Å². The van der Waals surface area contributed by atoms with E-state index in [9.17, 15) is 0 Å². The van der Waals surface area contributed by atoms with Crippen molar-refractivity contribution >= 4 is 0 Å². The van der Waals surface area contributed by atoms with Crippen molar-refractivity contribution in [3.05, 3.63) is 17.0 Å². The number of hydrogen-bond acceptors (Lipinski definition) is 1. The van der Waals surface area contributed by atoms with Crippen LogP contribution < -0.4 is 5.32 Å². The van der Waals surface area contributed by atoms with E-state index in [-0.39, 0.29) is 0 Å². The van der Waals surface area contributed by atoms with Gasteiger partial charge in [-0.05, 0) is 32.8 Å². The normalized spacial score (nSPS) is 8.40. The highest BCUT2D eigenvalue weighted by molar-refractivity contribution is 5.01. The van der Waals surface area contributed by atoms with E-state index >= 15 is 0 Å². The molecule has 0 aromatic heterocycles. The molecule has 10 heavy (non-hydrogen) atoms. The summed E-state index contributed by atoms with van der Waals surface area (Å²) in [6.07, 6.45) is 1.17. The lowest BCUT2D eigenvalue weighted by Crippen LogP contribution is -2.10. The lowest BCUT2D eigenvalue weighted by Gasteiger charge is -1.99. The van der Waals surface area contributed by atoms with Crippen LogP contribution in [0.5, 0.6) is 0 Å². The minimum Gasteiger partial charge on any atom is -0.382 e. The minimum absolute atomic E-state index is 1.05. The van der Waals surface area contributed by atoms with Crippen LogP contribution >= 0.6 is 0 Å². The van der Waals surface area contributed by atoms with Crippen LogP contribution in [0.2, 0.25) is 0 Å². The first-order chi connectivity index (χ1) is 4.66. The Morgan fingerprint density at radius 1 is 1.30 bits per heavy atom. The third kappa shape index (κ3) is 5.46. The van der Waals surface area contributed by atoms with Gasteiger partial charge in [0.15, 0.2) is 0 Å². The molecule has 1 heteroatoms. The predicted octanol–water partition coefficient (Wildman–Crippen LogP) is 2.45. The molecule has 0 aliphatic carbocycles. The van der Waals surface area contributed by atoms with E-state index in [1.165, 1.54) is 12.0 Å². The van der Waals surface area contributed by atoms with E-state index in [2.05, 4.69) is 31.8 Å². The molecule has 0 bridgehead atoms. The molecule has 0 fully saturated rings. The molecule has 0 saturated carbocycles. The molecular formula is C9H17N. The molecule has 0 saturated heterocycles. The van der Waals surface area contributed by atoms with Gasteiger partial charge in [0.25, 0.3) is 0 Å². The first kappa shape index (κ1) is 9.32. The highest BCUT2D eigenvalue weighted by atomic mass is 14.9. The highest BCUT2D eigenvalue weighted by Crippen LogP contribution is 1.89. The summed E-state index contributed by atoms with van der Waals surface area (Å²) in [5.41, 5.74) is 5.56. The van der Waals surface area contributed by atoms with Gasteiger partial charge in [0.2, 0.25) is 0 Å². The fourth-order valence-electron chi connectivity index (χ4n) is 0.732. The lowest BCUT2D eigenvalue weighted by molar-refractivity contribution is 0.770. The van der Waals surface area contributed by atoms with Crippen molar-refractivity contribution in [3.8, 4) is 0 Å². The molecule has 0 unspecified atom stereocenters. The highest BCUT2D eigenvalue weighted by Gasteiger charge is 1.82. The second-order valence-corrected chi connectivity index (χ2v) is 2.68. The summed E-state index contributed by atoms with van der Waals surface area (Å²) in [4.78, 5) is 0. The topological polar surface area (TPSA) is 12.0 Å². The molecular weight excluding hydrogens is 122 g/mol. The Bertz CT molecular complexity index is 146. The van der Waals surface area contributed by atoms with Crippen LogP contribution in [-0.2, 0) is 0 Å². The van der Waals surface area contributed by atoms with Crippen molar-refractivity contribution in [1.29, 1.82) is 0 Å². The van der Waals surface area contributed by atoms with Gasteiger partial charge in [0.1, 0.15) is 0 Å². The summed E-state index contributed by atoms with van der Waals surface area (Å²) in [6.45, 7) is 9.35. The number of hydrogen-bond donors (Lipinski definition) is 1. The van der Waals surface area contributed by atoms with Gasteiger partial charge in [-0.1, -0.05) is 6.92 Å². The largest absolute Gasteiger partial charge is 0.382 e.